The van der Waals surface area contributed by atoms with Crippen LogP contribution in [0.4, 0.5) is 0 Å². The van der Waals surface area contributed by atoms with E-state index < -0.39 is 0 Å². The predicted octanol–water partition coefficient (Wildman–Crippen LogP) is 3.80. The van der Waals surface area contributed by atoms with Crippen molar-refractivity contribution < 1.29 is 0 Å². The minimum Gasteiger partial charge on any atom is -0.0885 e. The third kappa shape index (κ3) is 1.20. The smallest absolute Gasteiger partial charge is 0.0193 e. The Morgan fingerprint density at radius 1 is 1.07 bits per heavy atom. The van der Waals surface area contributed by atoms with E-state index >= 15 is 0 Å². The SMILES string of the molecule is CC1CCC=CCC2C3C=CC(C3)C12. The number of allylic oxidation sites excluding steroid dienone is 4. The first-order valence-electron chi connectivity index (χ1n) is 6.19. The van der Waals surface area contributed by atoms with Crippen LogP contribution in [0.3, 0.4) is 0 Å². The van der Waals surface area contributed by atoms with Crippen molar-refractivity contribution in [3.05, 3.63) is 24.3 Å². The summed E-state index contributed by atoms with van der Waals surface area (Å²) in [7, 11) is 0. The van der Waals surface area contributed by atoms with Crippen LogP contribution in [0.15, 0.2) is 24.3 Å². The summed E-state index contributed by atoms with van der Waals surface area (Å²) >= 11 is 0. The molecule has 0 spiro atoms. The van der Waals surface area contributed by atoms with Crippen molar-refractivity contribution in [3.63, 3.8) is 0 Å². The van der Waals surface area contributed by atoms with Crippen LogP contribution in [-0.4, -0.2) is 0 Å². The highest BCUT2D eigenvalue weighted by molar-refractivity contribution is 5.15. The summed E-state index contributed by atoms with van der Waals surface area (Å²) in [4.78, 5) is 0. The average Bonchev–Trinajstić information content (AvgIpc) is 2.72. The maximum atomic E-state index is 2.51. The average molecular weight is 188 g/mol. The summed E-state index contributed by atoms with van der Waals surface area (Å²) in [5, 5.41) is 0. The normalized spacial score (nSPS) is 50.2. The van der Waals surface area contributed by atoms with Gasteiger partial charge in [-0.05, 0) is 55.3 Å². The summed E-state index contributed by atoms with van der Waals surface area (Å²) in [6.07, 6.45) is 15.4. The monoisotopic (exact) mass is 188 g/mol. The molecule has 0 saturated heterocycles. The number of fused-ring (bicyclic) bond motifs is 5. The molecule has 0 amide bonds. The zero-order valence-corrected chi connectivity index (χ0v) is 9.02. The molecular formula is C14H20. The second-order valence-corrected chi connectivity index (χ2v) is 5.45. The lowest BCUT2D eigenvalue weighted by atomic mass is 9.72. The van der Waals surface area contributed by atoms with Crippen LogP contribution in [0.25, 0.3) is 0 Å². The van der Waals surface area contributed by atoms with Gasteiger partial charge in [-0.25, -0.2) is 0 Å². The lowest BCUT2D eigenvalue weighted by Gasteiger charge is -2.33. The molecule has 0 heterocycles. The van der Waals surface area contributed by atoms with Gasteiger partial charge in [0, 0.05) is 0 Å². The van der Waals surface area contributed by atoms with Crippen LogP contribution in [0.1, 0.15) is 32.6 Å². The van der Waals surface area contributed by atoms with Gasteiger partial charge in [-0.3, -0.25) is 0 Å². The van der Waals surface area contributed by atoms with Gasteiger partial charge in [0.05, 0.1) is 0 Å². The summed E-state index contributed by atoms with van der Waals surface area (Å²) in [6.45, 7) is 2.48. The minimum absolute atomic E-state index is 0.926. The van der Waals surface area contributed by atoms with Crippen LogP contribution in [0.2, 0.25) is 0 Å². The highest BCUT2D eigenvalue weighted by Gasteiger charge is 2.45. The standard InChI is InChI=1S/C14H20/c1-10-5-3-2-4-6-13-11-7-8-12(9-11)14(10)13/h2,4,7-8,10-14H,3,5-6,9H2,1H3. The summed E-state index contributed by atoms with van der Waals surface area (Å²) in [5.74, 6) is 4.80. The van der Waals surface area contributed by atoms with E-state index in [1.807, 2.05) is 0 Å². The molecule has 1 saturated carbocycles. The van der Waals surface area contributed by atoms with Gasteiger partial charge in [-0.1, -0.05) is 31.2 Å². The van der Waals surface area contributed by atoms with Gasteiger partial charge in [0.15, 0.2) is 0 Å². The third-order valence-electron chi connectivity index (χ3n) is 4.71. The zero-order valence-electron chi connectivity index (χ0n) is 9.02. The van der Waals surface area contributed by atoms with Crippen LogP contribution < -0.4 is 0 Å². The molecule has 0 aliphatic heterocycles. The van der Waals surface area contributed by atoms with E-state index in [4.69, 9.17) is 0 Å². The Balaban J connectivity index is 1.89. The van der Waals surface area contributed by atoms with Crippen molar-refractivity contribution in [3.8, 4) is 0 Å². The molecule has 1 fully saturated rings. The molecule has 3 rings (SSSR count). The van der Waals surface area contributed by atoms with Crippen molar-refractivity contribution in [2.24, 2.45) is 29.6 Å². The summed E-state index contributed by atoms with van der Waals surface area (Å²) in [5.41, 5.74) is 0. The first kappa shape index (κ1) is 8.76. The molecule has 0 aromatic carbocycles. The zero-order chi connectivity index (χ0) is 9.54. The number of hydrogen-bond acceptors (Lipinski definition) is 0. The maximum absolute atomic E-state index is 2.51. The lowest BCUT2D eigenvalue weighted by Crippen LogP contribution is -2.26. The van der Waals surface area contributed by atoms with Gasteiger partial charge >= 0.3 is 0 Å². The third-order valence-corrected chi connectivity index (χ3v) is 4.71. The summed E-state index contributed by atoms with van der Waals surface area (Å²) in [6, 6.07) is 0. The number of rotatable bonds is 0. The second-order valence-electron chi connectivity index (χ2n) is 5.45. The molecule has 3 aliphatic carbocycles. The van der Waals surface area contributed by atoms with Crippen molar-refractivity contribution >= 4 is 0 Å². The second kappa shape index (κ2) is 3.25. The van der Waals surface area contributed by atoms with Gasteiger partial charge in [-0.15, -0.1) is 0 Å². The highest BCUT2D eigenvalue weighted by atomic mass is 14.5. The van der Waals surface area contributed by atoms with Gasteiger partial charge in [0.2, 0.25) is 0 Å². The fourth-order valence-corrected chi connectivity index (χ4v) is 4.06. The maximum Gasteiger partial charge on any atom is -0.0193 e. The lowest BCUT2D eigenvalue weighted by molar-refractivity contribution is 0.209. The molecule has 3 aliphatic rings. The van der Waals surface area contributed by atoms with E-state index in [-0.39, 0.29) is 0 Å². The molecule has 0 aromatic heterocycles. The predicted molar refractivity (Wildman–Crippen MR) is 59.9 cm³/mol. The Bertz CT molecular complexity index is 274. The molecule has 0 heteroatoms. The van der Waals surface area contributed by atoms with E-state index in [2.05, 4.69) is 31.2 Å². The first-order valence-corrected chi connectivity index (χ1v) is 6.19. The van der Waals surface area contributed by atoms with Crippen LogP contribution in [0.5, 0.6) is 0 Å². The van der Waals surface area contributed by atoms with Crippen LogP contribution >= 0.6 is 0 Å². The fourth-order valence-electron chi connectivity index (χ4n) is 4.06. The van der Waals surface area contributed by atoms with Crippen molar-refractivity contribution in [2.75, 3.05) is 0 Å². The summed E-state index contributed by atoms with van der Waals surface area (Å²) < 4.78 is 0. The van der Waals surface area contributed by atoms with Gasteiger partial charge in [0.25, 0.3) is 0 Å². The molecule has 5 unspecified atom stereocenters. The highest BCUT2D eigenvalue weighted by Crippen LogP contribution is 2.53. The van der Waals surface area contributed by atoms with Crippen LogP contribution in [-0.2, 0) is 0 Å². The Hall–Kier alpha value is -0.520. The van der Waals surface area contributed by atoms with Crippen molar-refractivity contribution in [1.29, 1.82) is 0 Å². The van der Waals surface area contributed by atoms with E-state index in [1.165, 1.54) is 25.7 Å². The van der Waals surface area contributed by atoms with Crippen molar-refractivity contribution in [1.82, 2.24) is 0 Å². The molecule has 0 N–H and O–H groups in total. The Morgan fingerprint density at radius 3 is 2.86 bits per heavy atom. The van der Waals surface area contributed by atoms with Gasteiger partial charge < -0.3 is 0 Å². The van der Waals surface area contributed by atoms with E-state index in [9.17, 15) is 0 Å². The quantitative estimate of drug-likeness (QED) is 0.507. The Kier molecular flexibility index (Phi) is 2.04. The van der Waals surface area contributed by atoms with E-state index in [0.717, 1.165) is 29.6 Å². The first-order chi connectivity index (χ1) is 6.86. The van der Waals surface area contributed by atoms with E-state index in [1.54, 1.807) is 0 Å². The molecule has 2 bridgehead atoms. The molecular weight excluding hydrogens is 168 g/mol. The molecule has 0 aromatic rings. The van der Waals surface area contributed by atoms with E-state index in [0.29, 0.717) is 0 Å². The van der Waals surface area contributed by atoms with Crippen molar-refractivity contribution in [2.45, 2.75) is 32.6 Å². The van der Waals surface area contributed by atoms with Crippen LogP contribution in [0, 0.1) is 29.6 Å². The van der Waals surface area contributed by atoms with Gasteiger partial charge in [0.1, 0.15) is 0 Å². The molecule has 0 nitrogen and oxygen atoms in total. The topological polar surface area (TPSA) is 0 Å². The minimum atomic E-state index is 0.926. The molecule has 0 radical (unpaired) electrons. The van der Waals surface area contributed by atoms with Gasteiger partial charge in [-0.2, -0.15) is 0 Å². The largest absolute Gasteiger partial charge is 0.0885 e. The molecule has 5 atom stereocenters. The Morgan fingerprint density at radius 2 is 1.93 bits per heavy atom. The molecule has 14 heavy (non-hydrogen) atoms. The molecule has 76 valence electrons. The number of hydrogen-bond donors (Lipinski definition) is 0. The fraction of sp³-hybridized carbons (Fsp3) is 0.714. The Labute approximate surface area is 87.1 Å².